The quantitative estimate of drug-likeness (QED) is 0.501. The first-order valence-electron chi connectivity index (χ1n) is 5.48. The molecule has 2 aromatic rings. The van der Waals surface area contributed by atoms with E-state index in [2.05, 4.69) is 5.32 Å². The van der Waals surface area contributed by atoms with Gasteiger partial charge in [-0.2, -0.15) is 0 Å². The first kappa shape index (κ1) is 12.6. The van der Waals surface area contributed by atoms with E-state index in [4.69, 9.17) is 5.73 Å². The molecular weight excluding hydrogens is 246 g/mol. The monoisotopic (exact) mass is 257 g/mol. The molecular formula is C13H11N3O3. The van der Waals surface area contributed by atoms with Gasteiger partial charge in [-0.15, -0.1) is 0 Å². The molecule has 6 nitrogen and oxygen atoms in total. The van der Waals surface area contributed by atoms with E-state index >= 15 is 0 Å². The molecule has 0 fully saturated rings. The molecule has 0 spiro atoms. The van der Waals surface area contributed by atoms with Crippen LogP contribution in [0.5, 0.6) is 0 Å². The fourth-order valence-electron chi connectivity index (χ4n) is 1.60. The number of nitro benzene ring substituents is 1. The maximum atomic E-state index is 11.9. The second-order valence-corrected chi connectivity index (χ2v) is 3.85. The van der Waals surface area contributed by atoms with Crippen LogP contribution in [0.3, 0.4) is 0 Å². The van der Waals surface area contributed by atoms with Crippen LogP contribution >= 0.6 is 0 Å². The molecule has 19 heavy (non-hydrogen) atoms. The Labute approximate surface area is 109 Å². The van der Waals surface area contributed by atoms with Crippen LogP contribution in [-0.2, 0) is 0 Å². The number of carbonyl (C=O) groups excluding carboxylic acids is 1. The van der Waals surface area contributed by atoms with E-state index in [-0.39, 0.29) is 11.4 Å². The van der Waals surface area contributed by atoms with Crippen molar-refractivity contribution in [1.29, 1.82) is 0 Å². The minimum absolute atomic E-state index is 0.0823. The molecule has 2 rings (SSSR count). The Bertz CT molecular complexity index is 626. The van der Waals surface area contributed by atoms with Crippen molar-refractivity contribution >= 4 is 23.0 Å². The number of nitrogens with two attached hydrogens (primary N) is 1. The van der Waals surface area contributed by atoms with E-state index in [1.165, 1.54) is 18.2 Å². The number of nitrogens with zero attached hydrogens (tertiary/aromatic N) is 1. The van der Waals surface area contributed by atoms with Crippen LogP contribution in [0.25, 0.3) is 0 Å². The summed E-state index contributed by atoms with van der Waals surface area (Å²) in [4.78, 5) is 22.2. The summed E-state index contributed by atoms with van der Waals surface area (Å²) in [6.07, 6.45) is 0. The number of nitrogens with one attached hydrogen (secondary N) is 1. The van der Waals surface area contributed by atoms with Crippen LogP contribution in [0, 0.1) is 10.1 Å². The zero-order valence-electron chi connectivity index (χ0n) is 9.87. The first-order valence-corrected chi connectivity index (χ1v) is 5.48. The van der Waals surface area contributed by atoms with Crippen molar-refractivity contribution in [3.05, 3.63) is 64.2 Å². The molecule has 0 atom stereocenters. The second kappa shape index (κ2) is 5.18. The maximum Gasteiger partial charge on any atom is 0.292 e. The van der Waals surface area contributed by atoms with Gasteiger partial charge in [-0.1, -0.05) is 18.2 Å². The standard InChI is InChI=1S/C13H11N3O3/c14-10-6-7-12(16(18)19)11(8-10)15-13(17)9-4-2-1-3-5-9/h1-8H,14H2,(H,15,17). The van der Waals surface area contributed by atoms with Crippen molar-refractivity contribution in [3.63, 3.8) is 0 Å². The van der Waals surface area contributed by atoms with Crippen molar-refractivity contribution in [3.8, 4) is 0 Å². The average molecular weight is 257 g/mol. The summed E-state index contributed by atoms with van der Waals surface area (Å²) in [7, 11) is 0. The Morgan fingerprint density at radius 3 is 2.47 bits per heavy atom. The lowest BCUT2D eigenvalue weighted by Crippen LogP contribution is -2.13. The summed E-state index contributed by atoms with van der Waals surface area (Å²) in [6, 6.07) is 12.5. The highest BCUT2D eigenvalue weighted by molar-refractivity contribution is 6.05. The third-order valence-corrected chi connectivity index (χ3v) is 2.50. The number of carbonyl (C=O) groups is 1. The molecule has 0 aliphatic rings. The van der Waals surface area contributed by atoms with Crippen LogP contribution in [0.1, 0.15) is 10.4 Å². The Morgan fingerprint density at radius 2 is 1.84 bits per heavy atom. The van der Waals surface area contributed by atoms with Gasteiger partial charge in [-0.3, -0.25) is 14.9 Å². The number of anilines is 2. The number of nitro groups is 1. The van der Waals surface area contributed by atoms with Crippen LogP contribution in [0.4, 0.5) is 17.1 Å². The van der Waals surface area contributed by atoms with E-state index in [1.807, 2.05) is 0 Å². The van der Waals surface area contributed by atoms with E-state index in [0.29, 0.717) is 11.3 Å². The van der Waals surface area contributed by atoms with E-state index < -0.39 is 10.8 Å². The Hall–Kier alpha value is -2.89. The molecule has 0 saturated carbocycles. The third kappa shape index (κ3) is 2.86. The van der Waals surface area contributed by atoms with Gasteiger partial charge in [0.2, 0.25) is 0 Å². The van der Waals surface area contributed by atoms with Crippen LogP contribution in [0.15, 0.2) is 48.5 Å². The van der Waals surface area contributed by atoms with Gasteiger partial charge in [0.05, 0.1) is 4.92 Å². The van der Waals surface area contributed by atoms with E-state index in [1.54, 1.807) is 30.3 Å². The van der Waals surface area contributed by atoms with E-state index in [0.717, 1.165) is 0 Å². The van der Waals surface area contributed by atoms with Crippen molar-refractivity contribution in [1.82, 2.24) is 0 Å². The summed E-state index contributed by atoms with van der Waals surface area (Å²) in [6.45, 7) is 0. The molecule has 0 aromatic heterocycles. The van der Waals surface area contributed by atoms with Crippen LogP contribution in [-0.4, -0.2) is 10.8 Å². The topological polar surface area (TPSA) is 98.3 Å². The molecule has 0 radical (unpaired) electrons. The SMILES string of the molecule is Nc1ccc([N+](=O)[O-])c(NC(=O)c2ccccc2)c1. The zero-order valence-corrected chi connectivity index (χ0v) is 9.87. The summed E-state index contributed by atoms with van der Waals surface area (Å²) < 4.78 is 0. The van der Waals surface area contributed by atoms with Gasteiger partial charge >= 0.3 is 0 Å². The minimum atomic E-state index is -0.569. The number of nitrogen functional groups attached to an aromatic ring is 1. The average Bonchev–Trinajstić information content (AvgIpc) is 2.39. The molecule has 0 heterocycles. The summed E-state index contributed by atoms with van der Waals surface area (Å²) in [5.74, 6) is -0.422. The molecule has 0 bridgehead atoms. The zero-order chi connectivity index (χ0) is 13.8. The smallest absolute Gasteiger partial charge is 0.292 e. The highest BCUT2D eigenvalue weighted by Crippen LogP contribution is 2.26. The normalized spacial score (nSPS) is 9.89. The van der Waals surface area contributed by atoms with Crippen LogP contribution in [0.2, 0.25) is 0 Å². The molecule has 0 saturated heterocycles. The minimum Gasteiger partial charge on any atom is -0.399 e. The lowest BCUT2D eigenvalue weighted by atomic mass is 10.2. The lowest BCUT2D eigenvalue weighted by Gasteiger charge is -2.06. The summed E-state index contributed by atoms with van der Waals surface area (Å²) in [5.41, 5.74) is 6.21. The van der Waals surface area contributed by atoms with Gasteiger partial charge in [0.1, 0.15) is 5.69 Å². The van der Waals surface area contributed by atoms with Gasteiger partial charge < -0.3 is 11.1 Å². The summed E-state index contributed by atoms with van der Waals surface area (Å²) >= 11 is 0. The van der Waals surface area contributed by atoms with Gasteiger partial charge in [-0.25, -0.2) is 0 Å². The second-order valence-electron chi connectivity index (χ2n) is 3.85. The van der Waals surface area contributed by atoms with Crippen molar-refractivity contribution in [2.45, 2.75) is 0 Å². The first-order chi connectivity index (χ1) is 9.08. The molecule has 0 unspecified atom stereocenters. The predicted molar refractivity (Wildman–Crippen MR) is 71.9 cm³/mol. The number of hydrogen-bond acceptors (Lipinski definition) is 4. The van der Waals surface area contributed by atoms with Crippen molar-refractivity contribution in [2.75, 3.05) is 11.1 Å². The van der Waals surface area contributed by atoms with Gasteiger partial charge in [0.25, 0.3) is 11.6 Å². The number of benzene rings is 2. The maximum absolute atomic E-state index is 11.9. The molecule has 96 valence electrons. The van der Waals surface area contributed by atoms with Crippen molar-refractivity contribution < 1.29 is 9.72 Å². The number of amides is 1. The number of rotatable bonds is 3. The Kier molecular flexibility index (Phi) is 3.42. The molecule has 2 aromatic carbocycles. The van der Waals surface area contributed by atoms with Crippen LogP contribution < -0.4 is 11.1 Å². The van der Waals surface area contributed by atoms with Gasteiger partial charge in [0.15, 0.2) is 0 Å². The molecule has 0 aliphatic heterocycles. The Balaban J connectivity index is 2.31. The van der Waals surface area contributed by atoms with E-state index in [9.17, 15) is 14.9 Å². The lowest BCUT2D eigenvalue weighted by molar-refractivity contribution is -0.383. The number of hydrogen-bond donors (Lipinski definition) is 2. The fourth-order valence-corrected chi connectivity index (χ4v) is 1.60. The van der Waals surface area contributed by atoms with Gasteiger partial charge in [0, 0.05) is 17.3 Å². The fraction of sp³-hybridized carbons (Fsp3) is 0. The van der Waals surface area contributed by atoms with Gasteiger partial charge in [-0.05, 0) is 24.3 Å². The Morgan fingerprint density at radius 1 is 1.16 bits per heavy atom. The van der Waals surface area contributed by atoms with Crippen molar-refractivity contribution in [2.24, 2.45) is 0 Å². The molecule has 6 heteroatoms. The summed E-state index contributed by atoms with van der Waals surface area (Å²) in [5, 5.41) is 13.4. The largest absolute Gasteiger partial charge is 0.399 e. The third-order valence-electron chi connectivity index (χ3n) is 2.50. The highest BCUT2D eigenvalue weighted by Gasteiger charge is 2.16. The highest BCUT2D eigenvalue weighted by atomic mass is 16.6. The molecule has 3 N–H and O–H groups in total. The molecule has 0 aliphatic carbocycles. The molecule has 1 amide bonds. The predicted octanol–water partition coefficient (Wildman–Crippen LogP) is 2.43.